The van der Waals surface area contributed by atoms with Crippen LogP contribution >= 0.6 is 23.2 Å². The number of benzene rings is 3. The van der Waals surface area contributed by atoms with Gasteiger partial charge in [-0.25, -0.2) is 8.42 Å². The van der Waals surface area contributed by atoms with E-state index in [2.05, 4.69) is 10.3 Å². The molecular formula is C25H22Cl2N2O4S. The van der Waals surface area contributed by atoms with Gasteiger partial charge in [-0.1, -0.05) is 53.5 Å². The Labute approximate surface area is 208 Å². The molecule has 0 spiro atoms. The van der Waals surface area contributed by atoms with Crippen molar-refractivity contribution >= 4 is 38.9 Å². The number of nitrogens with zero attached hydrogens (tertiary/aromatic N) is 1. The lowest BCUT2D eigenvalue weighted by molar-refractivity contribution is 0.414. The Bertz CT molecular complexity index is 1420. The third-order valence-corrected chi connectivity index (χ3v) is 7.69. The van der Waals surface area contributed by atoms with E-state index in [1.54, 1.807) is 7.11 Å². The normalized spacial score (nSPS) is 11.4. The molecule has 4 aromatic rings. The maximum absolute atomic E-state index is 13.5. The zero-order valence-electron chi connectivity index (χ0n) is 18.5. The summed E-state index contributed by atoms with van der Waals surface area (Å²) >= 11 is 12.1. The summed E-state index contributed by atoms with van der Waals surface area (Å²) < 4.78 is 38.1. The van der Waals surface area contributed by atoms with Crippen LogP contribution in [0.2, 0.25) is 10.0 Å². The number of aryl methyl sites for hydroxylation is 1. The fourth-order valence-corrected chi connectivity index (χ4v) is 5.06. The summed E-state index contributed by atoms with van der Waals surface area (Å²) in [5.41, 5.74) is 2.67. The standard InChI is InChI=1S/C25H22Cl2N2O4S/c1-16-5-3-4-6-20(16)23-29-25(34(30,31)19-11-12-21(26)22(27)15-19)24(33-23)28-14-13-17-7-9-18(32-2)10-8-17/h3-12,15,28H,13-14H2,1-2H3. The van der Waals surface area contributed by atoms with Gasteiger partial charge in [0.25, 0.3) is 0 Å². The minimum absolute atomic E-state index is 0.0234. The van der Waals surface area contributed by atoms with E-state index >= 15 is 0 Å². The van der Waals surface area contributed by atoms with E-state index in [4.69, 9.17) is 32.4 Å². The highest BCUT2D eigenvalue weighted by molar-refractivity contribution is 7.91. The van der Waals surface area contributed by atoms with Gasteiger partial charge in [0.05, 0.1) is 22.1 Å². The molecule has 34 heavy (non-hydrogen) atoms. The number of oxazole rings is 1. The Morgan fingerprint density at radius 3 is 2.41 bits per heavy atom. The van der Waals surface area contributed by atoms with E-state index in [1.807, 2.05) is 55.5 Å². The van der Waals surface area contributed by atoms with Gasteiger partial charge in [-0.3, -0.25) is 0 Å². The Morgan fingerprint density at radius 1 is 1.00 bits per heavy atom. The molecule has 1 aromatic heterocycles. The molecule has 0 aliphatic carbocycles. The molecule has 176 valence electrons. The van der Waals surface area contributed by atoms with Crippen LogP contribution in [0.25, 0.3) is 11.5 Å². The highest BCUT2D eigenvalue weighted by atomic mass is 35.5. The van der Waals surface area contributed by atoms with Crippen LogP contribution < -0.4 is 10.1 Å². The first-order chi connectivity index (χ1) is 16.3. The first-order valence-electron chi connectivity index (χ1n) is 10.4. The number of halogens is 2. The van der Waals surface area contributed by atoms with Crippen molar-refractivity contribution in [3.8, 4) is 17.2 Å². The molecule has 0 atom stereocenters. The highest BCUT2D eigenvalue weighted by Gasteiger charge is 2.29. The van der Waals surface area contributed by atoms with Gasteiger partial charge in [0, 0.05) is 12.1 Å². The average Bonchev–Trinajstić information content (AvgIpc) is 3.26. The minimum atomic E-state index is -4.04. The van der Waals surface area contributed by atoms with Crippen molar-refractivity contribution in [3.05, 3.63) is 87.9 Å². The lowest BCUT2D eigenvalue weighted by Crippen LogP contribution is -2.10. The minimum Gasteiger partial charge on any atom is -0.497 e. The van der Waals surface area contributed by atoms with Gasteiger partial charge >= 0.3 is 0 Å². The summed E-state index contributed by atoms with van der Waals surface area (Å²) in [5, 5.41) is 3.30. The van der Waals surface area contributed by atoms with Gasteiger partial charge in [0.15, 0.2) is 0 Å². The number of sulfone groups is 1. The van der Waals surface area contributed by atoms with Crippen LogP contribution in [0.1, 0.15) is 11.1 Å². The van der Waals surface area contributed by atoms with Crippen molar-refractivity contribution < 1.29 is 17.6 Å². The van der Waals surface area contributed by atoms with Gasteiger partial charge < -0.3 is 14.5 Å². The average molecular weight is 517 g/mol. The maximum atomic E-state index is 13.5. The van der Waals surface area contributed by atoms with Crippen LogP contribution in [0.3, 0.4) is 0 Å². The molecule has 0 amide bonds. The smallest absolute Gasteiger partial charge is 0.233 e. The van der Waals surface area contributed by atoms with Crippen molar-refractivity contribution in [1.29, 1.82) is 0 Å². The SMILES string of the molecule is COc1ccc(CCNc2oc(-c3ccccc3C)nc2S(=O)(=O)c2ccc(Cl)c(Cl)c2)cc1. The Kier molecular flexibility index (Phi) is 7.16. The molecule has 0 saturated heterocycles. The van der Waals surface area contributed by atoms with Crippen molar-refractivity contribution in [2.24, 2.45) is 0 Å². The molecule has 0 aliphatic heterocycles. The Hall–Kier alpha value is -3.00. The van der Waals surface area contributed by atoms with Gasteiger partial charge in [0.2, 0.25) is 26.6 Å². The molecule has 9 heteroatoms. The highest BCUT2D eigenvalue weighted by Crippen LogP contribution is 2.35. The van der Waals surface area contributed by atoms with Gasteiger partial charge in [0.1, 0.15) is 5.75 Å². The lowest BCUT2D eigenvalue weighted by atomic mass is 10.1. The molecule has 6 nitrogen and oxygen atoms in total. The van der Waals surface area contributed by atoms with Gasteiger partial charge in [-0.2, -0.15) is 4.98 Å². The monoisotopic (exact) mass is 516 g/mol. The summed E-state index contributed by atoms with van der Waals surface area (Å²) in [6.45, 7) is 2.34. The van der Waals surface area contributed by atoms with E-state index in [1.165, 1.54) is 18.2 Å². The van der Waals surface area contributed by atoms with Gasteiger partial charge in [-0.15, -0.1) is 0 Å². The quantitative estimate of drug-likeness (QED) is 0.289. The zero-order valence-corrected chi connectivity index (χ0v) is 20.8. The largest absolute Gasteiger partial charge is 0.497 e. The van der Waals surface area contributed by atoms with E-state index in [9.17, 15) is 8.42 Å². The molecule has 0 fully saturated rings. The molecule has 1 heterocycles. The summed E-state index contributed by atoms with van der Waals surface area (Å²) in [5.74, 6) is 1.05. The fraction of sp³-hybridized carbons (Fsp3) is 0.160. The third kappa shape index (κ3) is 5.06. The number of anilines is 1. The molecule has 4 rings (SSSR count). The number of hydrogen-bond donors (Lipinski definition) is 1. The van der Waals surface area contributed by atoms with Crippen LogP contribution in [0.5, 0.6) is 5.75 Å². The fourth-order valence-electron chi connectivity index (χ4n) is 3.40. The molecule has 1 N–H and O–H groups in total. The Morgan fingerprint density at radius 2 is 1.74 bits per heavy atom. The molecule has 0 radical (unpaired) electrons. The zero-order chi connectivity index (χ0) is 24.3. The maximum Gasteiger partial charge on any atom is 0.233 e. The van der Waals surface area contributed by atoms with Crippen molar-refractivity contribution in [1.82, 2.24) is 4.98 Å². The predicted octanol–water partition coefficient (Wildman–Crippen LogP) is 6.45. The summed E-state index contributed by atoms with van der Waals surface area (Å²) in [7, 11) is -2.43. The second-order valence-corrected chi connectivity index (χ2v) is 10.3. The van der Waals surface area contributed by atoms with Crippen LogP contribution in [0, 0.1) is 6.92 Å². The van der Waals surface area contributed by atoms with Crippen molar-refractivity contribution in [3.63, 3.8) is 0 Å². The van der Waals surface area contributed by atoms with E-state index in [0.29, 0.717) is 18.5 Å². The summed E-state index contributed by atoms with van der Waals surface area (Å²) in [6, 6.07) is 19.3. The number of hydrogen-bond acceptors (Lipinski definition) is 6. The van der Waals surface area contributed by atoms with E-state index < -0.39 is 9.84 Å². The first-order valence-corrected chi connectivity index (χ1v) is 12.7. The second-order valence-electron chi connectivity index (χ2n) is 7.57. The molecular weight excluding hydrogens is 495 g/mol. The van der Waals surface area contributed by atoms with Crippen LogP contribution in [-0.2, 0) is 16.3 Å². The number of methoxy groups -OCH3 is 1. The number of rotatable bonds is 8. The van der Waals surface area contributed by atoms with Crippen molar-refractivity contribution in [2.45, 2.75) is 23.3 Å². The number of ether oxygens (including phenoxy) is 1. The second kappa shape index (κ2) is 10.1. The number of aromatic nitrogens is 1. The van der Waals surface area contributed by atoms with Crippen LogP contribution in [-0.4, -0.2) is 27.1 Å². The topological polar surface area (TPSA) is 81.4 Å². The van der Waals surface area contributed by atoms with Crippen LogP contribution in [0.15, 0.2) is 81.1 Å². The molecule has 0 saturated carbocycles. The number of nitrogens with one attached hydrogen (secondary N) is 1. The summed E-state index contributed by atoms with van der Waals surface area (Å²) in [6.07, 6.45) is 0.636. The molecule has 0 bridgehead atoms. The predicted molar refractivity (Wildman–Crippen MR) is 134 cm³/mol. The van der Waals surface area contributed by atoms with Gasteiger partial charge in [-0.05, 0) is 60.9 Å². The lowest BCUT2D eigenvalue weighted by Gasteiger charge is -2.07. The molecule has 3 aromatic carbocycles. The third-order valence-electron chi connectivity index (χ3n) is 5.29. The molecule has 0 aliphatic rings. The van der Waals surface area contributed by atoms with Crippen LogP contribution in [0.4, 0.5) is 5.88 Å². The summed E-state index contributed by atoms with van der Waals surface area (Å²) in [4.78, 5) is 4.36. The first kappa shape index (κ1) is 24.1. The van der Waals surface area contributed by atoms with E-state index in [0.717, 1.165) is 16.9 Å². The van der Waals surface area contributed by atoms with E-state index in [-0.39, 0.29) is 31.7 Å². The Balaban J connectivity index is 1.68. The molecule has 0 unspecified atom stereocenters. The van der Waals surface area contributed by atoms with Crippen molar-refractivity contribution in [2.75, 3.05) is 19.0 Å².